The summed E-state index contributed by atoms with van der Waals surface area (Å²) in [6.07, 6.45) is 2.00. The van der Waals surface area contributed by atoms with Gasteiger partial charge in [-0.3, -0.25) is 13.8 Å². The summed E-state index contributed by atoms with van der Waals surface area (Å²) >= 11 is 0. The lowest BCUT2D eigenvalue weighted by Gasteiger charge is -2.22. The van der Waals surface area contributed by atoms with Crippen LogP contribution in [0.25, 0.3) is 0 Å². The molecule has 1 rings (SSSR count). The molecule has 0 aliphatic heterocycles. The van der Waals surface area contributed by atoms with Crippen molar-refractivity contribution in [2.24, 2.45) is 5.92 Å². The zero-order valence-electron chi connectivity index (χ0n) is 11.1. The Kier molecular flexibility index (Phi) is 5.31. The van der Waals surface area contributed by atoms with E-state index < -0.39 is 22.0 Å². The van der Waals surface area contributed by atoms with E-state index in [9.17, 15) is 13.8 Å². The van der Waals surface area contributed by atoms with Crippen LogP contribution in [0.5, 0.6) is 0 Å². The van der Waals surface area contributed by atoms with Gasteiger partial charge < -0.3 is 10.0 Å². The largest absolute Gasteiger partial charge is 0.480 e. The normalized spacial score (nSPS) is 18.4. The number of amides is 1. The molecule has 1 fully saturated rings. The molecule has 2 atom stereocenters. The minimum atomic E-state index is -1.65. The second-order valence-corrected chi connectivity index (χ2v) is 6.50. The quantitative estimate of drug-likeness (QED) is 0.747. The maximum absolute atomic E-state index is 12.0. The summed E-state index contributed by atoms with van der Waals surface area (Å²) in [7, 11) is -1.65. The Labute approximate surface area is 110 Å². The van der Waals surface area contributed by atoms with Crippen LogP contribution < -0.4 is 0 Å². The lowest BCUT2D eigenvalue weighted by Crippen LogP contribution is -2.40. The Morgan fingerprint density at radius 1 is 1.39 bits per heavy atom. The topological polar surface area (TPSA) is 74.7 Å². The highest BCUT2D eigenvalue weighted by Gasteiger charge is 2.35. The van der Waals surface area contributed by atoms with Crippen molar-refractivity contribution in [3.63, 3.8) is 0 Å². The molecule has 6 heteroatoms. The molecule has 0 spiro atoms. The molecule has 104 valence electrons. The molecule has 1 aliphatic carbocycles. The Morgan fingerprint density at radius 3 is 2.28 bits per heavy atom. The summed E-state index contributed by atoms with van der Waals surface area (Å²) in [4.78, 5) is 24.7. The van der Waals surface area contributed by atoms with Gasteiger partial charge in [-0.2, -0.15) is 0 Å². The Balaban J connectivity index is 2.62. The number of hydrogen-bond acceptors (Lipinski definition) is 3. The van der Waals surface area contributed by atoms with E-state index in [1.165, 1.54) is 0 Å². The summed E-state index contributed by atoms with van der Waals surface area (Å²) in [6.45, 7) is 5.90. The van der Waals surface area contributed by atoms with Crippen LogP contribution in [0.2, 0.25) is 0 Å². The zero-order valence-corrected chi connectivity index (χ0v) is 11.9. The maximum Gasteiger partial charge on any atom is 0.319 e. The number of rotatable bonds is 7. The summed E-state index contributed by atoms with van der Waals surface area (Å²) in [5.74, 6) is -1.71. The van der Waals surface area contributed by atoms with Crippen LogP contribution in [-0.4, -0.2) is 49.7 Å². The minimum Gasteiger partial charge on any atom is -0.480 e. The van der Waals surface area contributed by atoms with E-state index in [0.29, 0.717) is 6.54 Å². The second kappa shape index (κ2) is 6.31. The van der Waals surface area contributed by atoms with E-state index in [2.05, 4.69) is 0 Å². The first-order chi connectivity index (χ1) is 8.38. The predicted molar refractivity (Wildman–Crippen MR) is 69.7 cm³/mol. The SMILES string of the molecule is CCN(C(=O)CS(=O)C(C(=O)O)C(C)C)C1CC1. The molecular formula is C12H21NO4S. The zero-order chi connectivity index (χ0) is 13.9. The van der Waals surface area contributed by atoms with Crippen LogP contribution in [-0.2, 0) is 20.4 Å². The van der Waals surface area contributed by atoms with Gasteiger partial charge in [-0.25, -0.2) is 0 Å². The molecular weight excluding hydrogens is 254 g/mol. The predicted octanol–water partition coefficient (Wildman–Crippen LogP) is 0.855. The minimum absolute atomic E-state index is 0.181. The molecule has 5 nitrogen and oxygen atoms in total. The standard InChI is InChI=1S/C12H21NO4S/c1-4-13(9-5-6-9)10(14)7-18(17)11(8(2)3)12(15)16/h8-9,11H,4-7H2,1-3H3,(H,15,16). The van der Waals surface area contributed by atoms with Crippen LogP contribution in [0, 0.1) is 5.92 Å². The van der Waals surface area contributed by atoms with Gasteiger partial charge in [0.15, 0.2) is 0 Å². The van der Waals surface area contributed by atoms with E-state index in [4.69, 9.17) is 5.11 Å². The van der Waals surface area contributed by atoms with Gasteiger partial charge in [0.1, 0.15) is 11.0 Å². The van der Waals surface area contributed by atoms with Crippen molar-refractivity contribution in [3.05, 3.63) is 0 Å². The molecule has 1 aliphatic rings. The van der Waals surface area contributed by atoms with E-state index >= 15 is 0 Å². The average Bonchev–Trinajstić information content (AvgIpc) is 3.01. The Bertz CT molecular complexity index is 352. The maximum atomic E-state index is 12.0. The van der Waals surface area contributed by atoms with Gasteiger partial charge in [-0.15, -0.1) is 0 Å². The molecule has 0 aromatic carbocycles. The molecule has 0 aromatic heterocycles. The van der Waals surface area contributed by atoms with E-state index in [1.807, 2.05) is 6.92 Å². The lowest BCUT2D eigenvalue weighted by molar-refractivity contribution is -0.137. The van der Waals surface area contributed by atoms with Gasteiger partial charge in [0.25, 0.3) is 0 Å². The lowest BCUT2D eigenvalue weighted by atomic mass is 10.1. The summed E-state index contributed by atoms with van der Waals surface area (Å²) in [6, 6.07) is 0.279. The van der Waals surface area contributed by atoms with Gasteiger partial charge in [0, 0.05) is 23.4 Å². The van der Waals surface area contributed by atoms with Crippen molar-refractivity contribution in [3.8, 4) is 0 Å². The van der Waals surface area contributed by atoms with E-state index in [1.54, 1.807) is 18.7 Å². The molecule has 1 saturated carbocycles. The Hall–Kier alpha value is -0.910. The first-order valence-corrected chi connectivity index (χ1v) is 7.66. The first-order valence-electron chi connectivity index (χ1n) is 6.27. The van der Waals surface area contributed by atoms with Crippen LogP contribution >= 0.6 is 0 Å². The monoisotopic (exact) mass is 275 g/mol. The van der Waals surface area contributed by atoms with Gasteiger partial charge in [-0.1, -0.05) is 13.8 Å². The van der Waals surface area contributed by atoms with E-state index in [-0.39, 0.29) is 23.6 Å². The van der Waals surface area contributed by atoms with Crippen molar-refractivity contribution in [1.29, 1.82) is 0 Å². The molecule has 0 saturated heterocycles. The van der Waals surface area contributed by atoms with Gasteiger partial charge in [0.05, 0.1) is 0 Å². The highest BCUT2D eigenvalue weighted by atomic mass is 32.2. The molecule has 0 aromatic rings. The molecule has 0 heterocycles. The van der Waals surface area contributed by atoms with Gasteiger partial charge >= 0.3 is 5.97 Å². The van der Waals surface area contributed by atoms with Crippen LogP contribution in [0.3, 0.4) is 0 Å². The first kappa shape index (κ1) is 15.1. The van der Waals surface area contributed by atoms with Gasteiger partial charge in [0.2, 0.25) is 5.91 Å². The highest BCUT2D eigenvalue weighted by Crippen LogP contribution is 2.26. The van der Waals surface area contributed by atoms with Crippen LogP contribution in [0.4, 0.5) is 0 Å². The third kappa shape index (κ3) is 3.80. The number of carboxylic acids is 1. The number of carbonyl (C=O) groups excluding carboxylic acids is 1. The number of aliphatic carboxylic acids is 1. The molecule has 0 bridgehead atoms. The molecule has 1 amide bonds. The van der Waals surface area contributed by atoms with Crippen LogP contribution in [0.15, 0.2) is 0 Å². The van der Waals surface area contributed by atoms with Gasteiger partial charge in [-0.05, 0) is 25.7 Å². The second-order valence-electron chi connectivity index (χ2n) is 4.94. The van der Waals surface area contributed by atoms with Crippen molar-refractivity contribution in [1.82, 2.24) is 4.90 Å². The summed E-state index contributed by atoms with van der Waals surface area (Å²) in [5.41, 5.74) is 0. The fourth-order valence-electron chi connectivity index (χ4n) is 2.02. The third-order valence-electron chi connectivity index (χ3n) is 3.05. The highest BCUT2D eigenvalue weighted by molar-refractivity contribution is 7.87. The summed E-state index contributed by atoms with van der Waals surface area (Å²) < 4.78 is 12.0. The number of carbonyl (C=O) groups is 2. The van der Waals surface area contributed by atoms with E-state index in [0.717, 1.165) is 12.8 Å². The van der Waals surface area contributed by atoms with Crippen LogP contribution in [0.1, 0.15) is 33.6 Å². The van der Waals surface area contributed by atoms with Crippen molar-refractivity contribution in [2.75, 3.05) is 12.3 Å². The average molecular weight is 275 g/mol. The molecule has 2 unspecified atom stereocenters. The molecule has 18 heavy (non-hydrogen) atoms. The third-order valence-corrected chi connectivity index (χ3v) is 4.89. The number of nitrogens with zero attached hydrogens (tertiary/aromatic N) is 1. The fourth-order valence-corrected chi connectivity index (χ4v) is 3.44. The molecule has 1 N–H and O–H groups in total. The van der Waals surface area contributed by atoms with Crippen molar-refractivity contribution < 1.29 is 18.9 Å². The Morgan fingerprint density at radius 2 is 1.94 bits per heavy atom. The number of carboxylic acid groups (broad SMARTS) is 1. The fraction of sp³-hybridized carbons (Fsp3) is 0.833. The smallest absolute Gasteiger partial charge is 0.319 e. The summed E-state index contributed by atoms with van der Waals surface area (Å²) in [5, 5.41) is 8.06. The van der Waals surface area contributed by atoms with Crippen molar-refractivity contribution >= 4 is 22.7 Å². The number of hydrogen-bond donors (Lipinski definition) is 1. The van der Waals surface area contributed by atoms with Crippen molar-refractivity contribution in [2.45, 2.75) is 44.9 Å². The molecule has 0 radical (unpaired) electrons.